The fourth-order valence-corrected chi connectivity index (χ4v) is 1.25. The first-order valence-corrected chi connectivity index (χ1v) is 4.76. The lowest BCUT2D eigenvalue weighted by atomic mass is 10.1. The predicted octanol–water partition coefficient (Wildman–Crippen LogP) is 0.811. The van der Waals surface area contributed by atoms with Gasteiger partial charge in [0.15, 0.2) is 0 Å². The monoisotopic (exact) mass is 209 g/mol. The van der Waals surface area contributed by atoms with Gasteiger partial charge in [-0.3, -0.25) is 4.79 Å². The zero-order valence-electron chi connectivity index (χ0n) is 8.82. The Kier molecular flexibility index (Phi) is 3.68. The van der Waals surface area contributed by atoms with Crippen molar-refractivity contribution in [2.24, 2.45) is 0 Å². The number of nitrogens with one attached hydrogen (secondary N) is 1. The summed E-state index contributed by atoms with van der Waals surface area (Å²) in [5.74, 6) is -0.103. The van der Waals surface area contributed by atoms with Gasteiger partial charge in [-0.2, -0.15) is 0 Å². The van der Waals surface area contributed by atoms with Gasteiger partial charge in [0.1, 0.15) is 5.75 Å². The van der Waals surface area contributed by atoms with E-state index in [1.165, 1.54) is 12.1 Å². The van der Waals surface area contributed by atoms with Crippen molar-refractivity contribution in [1.29, 1.82) is 0 Å². The molecule has 0 aliphatic carbocycles. The fourth-order valence-electron chi connectivity index (χ4n) is 1.25. The van der Waals surface area contributed by atoms with Crippen LogP contribution < -0.4 is 5.32 Å². The third kappa shape index (κ3) is 2.95. The van der Waals surface area contributed by atoms with Gasteiger partial charge in [0.2, 0.25) is 0 Å². The van der Waals surface area contributed by atoms with Crippen LogP contribution in [0.5, 0.6) is 5.75 Å². The molecule has 0 radical (unpaired) electrons. The minimum absolute atomic E-state index is 0.0944. The molecular formula is C11H15NO3. The molecule has 0 saturated carbocycles. The molecule has 0 aliphatic rings. The highest BCUT2D eigenvalue weighted by Gasteiger charge is 2.11. The average Bonchev–Trinajstić information content (AvgIpc) is 2.17. The molecule has 0 bridgehead atoms. The molecule has 1 rings (SSSR count). The number of benzene rings is 1. The summed E-state index contributed by atoms with van der Waals surface area (Å²) in [6, 6.07) is 4.28. The summed E-state index contributed by atoms with van der Waals surface area (Å²) in [6.45, 7) is 3.37. The summed E-state index contributed by atoms with van der Waals surface area (Å²) >= 11 is 0. The molecule has 4 nitrogen and oxygen atoms in total. The van der Waals surface area contributed by atoms with Crippen molar-refractivity contribution in [3.8, 4) is 5.75 Å². The van der Waals surface area contributed by atoms with Gasteiger partial charge in [-0.15, -0.1) is 0 Å². The summed E-state index contributed by atoms with van der Waals surface area (Å²) in [6.07, 6.45) is 0. The van der Waals surface area contributed by atoms with Crippen molar-refractivity contribution < 1.29 is 15.0 Å². The van der Waals surface area contributed by atoms with Crippen LogP contribution in [-0.2, 0) is 0 Å². The maximum Gasteiger partial charge on any atom is 0.251 e. The van der Waals surface area contributed by atoms with Gasteiger partial charge in [-0.25, -0.2) is 0 Å². The molecular weight excluding hydrogens is 194 g/mol. The van der Waals surface area contributed by atoms with Gasteiger partial charge in [-0.05, 0) is 37.6 Å². The van der Waals surface area contributed by atoms with Crippen LogP contribution in [0.4, 0.5) is 0 Å². The second-order valence-corrected chi connectivity index (χ2v) is 3.56. The SMILES string of the molecule is Cc1cc(O)ccc1C(=O)NC(C)CO. The number of phenolic OH excluding ortho intramolecular Hbond substituents is 1. The Hall–Kier alpha value is -1.55. The van der Waals surface area contributed by atoms with Gasteiger partial charge in [0.05, 0.1) is 6.61 Å². The number of phenols is 1. The molecule has 1 amide bonds. The summed E-state index contributed by atoms with van der Waals surface area (Å²) in [7, 11) is 0. The van der Waals surface area contributed by atoms with Crippen molar-refractivity contribution in [3.05, 3.63) is 29.3 Å². The van der Waals surface area contributed by atoms with Crippen LogP contribution >= 0.6 is 0 Å². The Morgan fingerprint density at radius 1 is 1.53 bits per heavy atom. The van der Waals surface area contributed by atoms with E-state index in [9.17, 15) is 9.90 Å². The standard InChI is InChI=1S/C11H15NO3/c1-7-5-9(14)3-4-10(7)11(15)12-8(2)6-13/h3-5,8,13-14H,6H2,1-2H3,(H,12,15). The normalized spacial score (nSPS) is 12.2. The Balaban J connectivity index is 2.82. The topological polar surface area (TPSA) is 69.6 Å². The van der Waals surface area contributed by atoms with E-state index in [1.807, 2.05) is 0 Å². The second-order valence-electron chi connectivity index (χ2n) is 3.56. The predicted molar refractivity (Wildman–Crippen MR) is 56.9 cm³/mol. The summed E-state index contributed by atoms with van der Waals surface area (Å²) in [5, 5.41) is 20.6. The van der Waals surface area contributed by atoms with Crippen LogP contribution in [0.25, 0.3) is 0 Å². The van der Waals surface area contributed by atoms with E-state index in [-0.39, 0.29) is 24.3 Å². The van der Waals surface area contributed by atoms with Crippen molar-refractivity contribution in [3.63, 3.8) is 0 Å². The van der Waals surface area contributed by atoms with Crippen LogP contribution in [0, 0.1) is 6.92 Å². The number of carbonyl (C=O) groups is 1. The van der Waals surface area contributed by atoms with E-state index in [4.69, 9.17) is 5.11 Å². The minimum Gasteiger partial charge on any atom is -0.508 e. The van der Waals surface area contributed by atoms with Crippen molar-refractivity contribution in [2.45, 2.75) is 19.9 Å². The third-order valence-corrected chi connectivity index (χ3v) is 2.11. The molecule has 0 saturated heterocycles. The Labute approximate surface area is 88.6 Å². The summed E-state index contributed by atoms with van der Waals surface area (Å²) < 4.78 is 0. The number of hydrogen-bond acceptors (Lipinski definition) is 3. The molecule has 0 aliphatic heterocycles. The van der Waals surface area contributed by atoms with E-state index >= 15 is 0 Å². The molecule has 82 valence electrons. The second kappa shape index (κ2) is 4.79. The molecule has 1 atom stereocenters. The summed E-state index contributed by atoms with van der Waals surface area (Å²) in [4.78, 5) is 11.6. The summed E-state index contributed by atoms with van der Waals surface area (Å²) in [5.41, 5.74) is 1.21. The number of rotatable bonds is 3. The van der Waals surface area contributed by atoms with Crippen LogP contribution in [-0.4, -0.2) is 28.8 Å². The number of hydrogen-bond donors (Lipinski definition) is 3. The van der Waals surface area contributed by atoms with Crippen LogP contribution in [0.3, 0.4) is 0 Å². The van der Waals surface area contributed by atoms with E-state index in [0.717, 1.165) is 0 Å². The van der Waals surface area contributed by atoms with Gasteiger partial charge in [0.25, 0.3) is 5.91 Å². The van der Waals surface area contributed by atoms with Gasteiger partial charge in [0, 0.05) is 11.6 Å². The molecule has 3 N–H and O–H groups in total. The van der Waals surface area contributed by atoms with Crippen molar-refractivity contribution >= 4 is 5.91 Å². The smallest absolute Gasteiger partial charge is 0.251 e. The van der Waals surface area contributed by atoms with Crippen molar-refractivity contribution in [2.75, 3.05) is 6.61 Å². The Bertz CT molecular complexity index is 363. The van der Waals surface area contributed by atoms with E-state index in [1.54, 1.807) is 19.9 Å². The molecule has 15 heavy (non-hydrogen) atoms. The molecule has 0 fully saturated rings. The zero-order valence-corrected chi connectivity index (χ0v) is 8.82. The lowest BCUT2D eigenvalue weighted by molar-refractivity contribution is 0.0921. The largest absolute Gasteiger partial charge is 0.508 e. The molecule has 1 aromatic rings. The first kappa shape index (κ1) is 11.5. The maximum absolute atomic E-state index is 11.6. The van der Waals surface area contributed by atoms with Gasteiger partial charge in [-0.1, -0.05) is 0 Å². The van der Waals surface area contributed by atoms with Crippen LogP contribution in [0.1, 0.15) is 22.8 Å². The van der Waals surface area contributed by atoms with Crippen LogP contribution in [0.2, 0.25) is 0 Å². The first-order chi connectivity index (χ1) is 7.04. The lowest BCUT2D eigenvalue weighted by Crippen LogP contribution is -2.35. The molecule has 0 aromatic heterocycles. The maximum atomic E-state index is 11.6. The number of aryl methyl sites for hydroxylation is 1. The quantitative estimate of drug-likeness (QED) is 0.690. The highest BCUT2D eigenvalue weighted by atomic mass is 16.3. The fraction of sp³-hybridized carbons (Fsp3) is 0.364. The molecule has 4 heteroatoms. The highest BCUT2D eigenvalue weighted by Crippen LogP contribution is 2.15. The molecule has 0 spiro atoms. The number of amides is 1. The number of carbonyl (C=O) groups excluding carboxylic acids is 1. The first-order valence-electron chi connectivity index (χ1n) is 4.76. The zero-order chi connectivity index (χ0) is 11.4. The van der Waals surface area contributed by atoms with E-state index < -0.39 is 0 Å². The highest BCUT2D eigenvalue weighted by molar-refractivity contribution is 5.95. The Morgan fingerprint density at radius 2 is 2.20 bits per heavy atom. The lowest BCUT2D eigenvalue weighted by Gasteiger charge is -2.12. The van der Waals surface area contributed by atoms with Gasteiger partial charge >= 0.3 is 0 Å². The van der Waals surface area contributed by atoms with E-state index in [2.05, 4.69) is 5.32 Å². The van der Waals surface area contributed by atoms with Crippen molar-refractivity contribution in [1.82, 2.24) is 5.32 Å². The third-order valence-electron chi connectivity index (χ3n) is 2.11. The minimum atomic E-state index is -0.272. The molecule has 1 unspecified atom stereocenters. The average molecular weight is 209 g/mol. The van der Waals surface area contributed by atoms with Gasteiger partial charge < -0.3 is 15.5 Å². The number of aliphatic hydroxyl groups excluding tert-OH is 1. The Morgan fingerprint density at radius 3 is 2.73 bits per heavy atom. The number of aromatic hydroxyl groups is 1. The molecule has 0 heterocycles. The molecule has 1 aromatic carbocycles. The van der Waals surface area contributed by atoms with E-state index in [0.29, 0.717) is 11.1 Å². The number of aliphatic hydroxyl groups is 1. The van der Waals surface area contributed by atoms with Crippen LogP contribution in [0.15, 0.2) is 18.2 Å².